The lowest BCUT2D eigenvalue weighted by Crippen LogP contribution is -1.93. The molecule has 5 heteroatoms. The third-order valence-corrected chi connectivity index (χ3v) is 3.07. The largest absolute Gasteiger partial charge is 0.497 e. The Bertz CT molecular complexity index is 724. The summed E-state index contributed by atoms with van der Waals surface area (Å²) in [4.78, 5) is 4.45. The predicted molar refractivity (Wildman–Crippen MR) is 73.8 cm³/mol. The Morgan fingerprint density at radius 3 is 3.00 bits per heavy atom. The maximum atomic E-state index is 5.93. The van der Waals surface area contributed by atoms with E-state index in [2.05, 4.69) is 10.1 Å². The van der Waals surface area contributed by atoms with Crippen LogP contribution >= 0.6 is 11.6 Å². The van der Waals surface area contributed by atoms with E-state index in [-0.39, 0.29) is 0 Å². The maximum absolute atomic E-state index is 5.93. The average molecular weight is 274 g/mol. The molecule has 0 saturated heterocycles. The SMILES string of the molecule is COc1cccc(Cc2nc3cc(Cl)ccn3n2)c1. The van der Waals surface area contributed by atoms with E-state index in [9.17, 15) is 0 Å². The minimum Gasteiger partial charge on any atom is -0.497 e. The highest BCUT2D eigenvalue weighted by molar-refractivity contribution is 6.30. The predicted octanol–water partition coefficient (Wildman–Crippen LogP) is 2.98. The van der Waals surface area contributed by atoms with E-state index < -0.39 is 0 Å². The van der Waals surface area contributed by atoms with Gasteiger partial charge in [-0.25, -0.2) is 9.50 Å². The summed E-state index contributed by atoms with van der Waals surface area (Å²) in [5, 5.41) is 5.07. The highest BCUT2D eigenvalue weighted by Crippen LogP contribution is 2.16. The first-order chi connectivity index (χ1) is 9.24. The van der Waals surface area contributed by atoms with Crippen molar-refractivity contribution < 1.29 is 4.74 Å². The van der Waals surface area contributed by atoms with Crippen molar-refractivity contribution >= 4 is 17.2 Å². The number of hydrogen-bond donors (Lipinski definition) is 0. The van der Waals surface area contributed by atoms with Crippen molar-refractivity contribution in [1.82, 2.24) is 14.6 Å². The Morgan fingerprint density at radius 2 is 2.16 bits per heavy atom. The summed E-state index contributed by atoms with van der Waals surface area (Å²) in [6, 6.07) is 11.5. The molecule has 0 N–H and O–H groups in total. The summed E-state index contributed by atoms with van der Waals surface area (Å²) < 4.78 is 6.93. The van der Waals surface area contributed by atoms with Crippen molar-refractivity contribution in [3.63, 3.8) is 0 Å². The average Bonchev–Trinajstić information content (AvgIpc) is 2.80. The van der Waals surface area contributed by atoms with E-state index in [4.69, 9.17) is 16.3 Å². The van der Waals surface area contributed by atoms with Gasteiger partial charge in [-0.2, -0.15) is 5.10 Å². The summed E-state index contributed by atoms with van der Waals surface area (Å²) >= 11 is 5.93. The molecule has 19 heavy (non-hydrogen) atoms. The van der Waals surface area contributed by atoms with Crippen molar-refractivity contribution in [2.24, 2.45) is 0 Å². The lowest BCUT2D eigenvalue weighted by atomic mass is 10.1. The van der Waals surface area contributed by atoms with Gasteiger partial charge in [-0.1, -0.05) is 23.7 Å². The van der Waals surface area contributed by atoms with Gasteiger partial charge in [0.15, 0.2) is 11.5 Å². The van der Waals surface area contributed by atoms with Gasteiger partial charge in [-0.15, -0.1) is 0 Å². The third-order valence-electron chi connectivity index (χ3n) is 2.84. The van der Waals surface area contributed by atoms with E-state index in [1.807, 2.05) is 24.3 Å². The monoisotopic (exact) mass is 273 g/mol. The van der Waals surface area contributed by atoms with Crippen molar-refractivity contribution in [1.29, 1.82) is 0 Å². The fourth-order valence-corrected chi connectivity index (χ4v) is 2.10. The van der Waals surface area contributed by atoms with Gasteiger partial charge in [-0.05, 0) is 23.8 Å². The zero-order chi connectivity index (χ0) is 13.2. The summed E-state index contributed by atoms with van der Waals surface area (Å²) in [7, 11) is 1.66. The fraction of sp³-hybridized carbons (Fsp3) is 0.143. The minimum atomic E-state index is 0.660. The van der Waals surface area contributed by atoms with Crippen LogP contribution in [-0.2, 0) is 6.42 Å². The number of halogens is 1. The first-order valence-corrected chi connectivity index (χ1v) is 6.26. The van der Waals surface area contributed by atoms with Crippen LogP contribution in [0.5, 0.6) is 5.75 Å². The van der Waals surface area contributed by atoms with Crippen LogP contribution in [0.2, 0.25) is 5.02 Å². The van der Waals surface area contributed by atoms with E-state index in [1.54, 1.807) is 30.0 Å². The molecule has 0 atom stereocenters. The van der Waals surface area contributed by atoms with Gasteiger partial charge in [-0.3, -0.25) is 0 Å². The molecule has 0 fully saturated rings. The number of methoxy groups -OCH3 is 1. The molecule has 0 radical (unpaired) electrons. The van der Waals surface area contributed by atoms with E-state index in [1.165, 1.54) is 0 Å². The molecule has 0 amide bonds. The summed E-state index contributed by atoms with van der Waals surface area (Å²) in [6.45, 7) is 0. The Morgan fingerprint density at radius 1 is 1.26 bits per heavy atom. The van der Waals surface area contributed by atoms with Gasteiger partial charge in [0.1, 0.15) is 5.75 Å². The first kappa shape index (κ1) is 12.0. The number of pyridine rings is 1. The normalized spacial score (nSPS) is 10.8. The molecular formula is C14H12ClN3O. The quantitative estimate of drug-likeness (QED) is 0.736. The molecule has 3 aromatic rings. The molecule has 4 nitrogen and oxygen atoms in total. The molecule has 0 aliphatic rings. The molecule has 2 heterocycles. The van der Waals surface area contributed by atoms with Gasteiger partial charge in [0, 0.05) is 23.7 Å². The van der Waals surface area contributed by atoms with Crippen LogP contribution in [0.1, 0.15) is 11.4 Å². The molecule has 0 saturated carbocycles. The molecule has 2 aromatic heterocycles. The van der Waals surface area contributed by atoms with Gasteiger partial charge < -0.3 is 4.74 Å². The molecule has 0 spiro atoms. The molecule has 1 aromatic carbocycles. The van der Waals surface area contributed by atoms with Crippen molar-refractivity contribution in [3.8, 4) is 5.75 Å². The van der Waals surface area contributed by atoms with Crippen molar-refractivity contribution in [3.05, 3.63) is 59.0 Å². The number of rotatable bonds is 3. The van der Waals surface area contributed by atoms with Crippen LogP contribution in [0, 0.1) is 0 Å². The lowest BCUT2D eigenvalue weighted by molar-refractivity contribution is 0.414. The van der Waals surface area contributed by atoms with Gasteiger partial charge in [0.25, 0.3) is 0 Å². The lowest BCUT2D eigenvalue weighted by Gasteiger charge is -2.01. The Hall–Kier alpha value is -2.07. The zero-order valence-corrected chi connectivity index (χ0v) is 11.1. The molecule has 0 bridgehead atoms. The Balaban J connectivity index is 1.92. The van der Waals surface area contributed by atoms with Crippen LogP contribution in [0.25, 0.3) is 5.65 Å². The number of benzene rings is 1. The van der Waals surface area contributed by atoms with E-state index >= 15 is 0 Å². The smallest absolute Gasteiger partial charge is 0.157 e. The van der Waals surface area contributed by atoms with E-state index in [0.717, 1.165) is 22.8 Å². The molecule has 0 unspecified atom stereocenters. The second-order valence-electron chi connectivity index (χ2n) is 4.20. The van der Waals surface area contributed by atoms with Crippen molar-refractivity contribution in [2.75, 3.05) is 7.11 Å². The number of fused-ring (bicyclic) bond motifs is 1. The standard InChI is InChI=1S/C14H12ClN3O/c1-19-12-4-2-3-10(7-12)8-13-16-14-9-11(15)5-6-18(14)17-13/h2-7,9H,8H2,1H3. The maximum Gasteiger partial charge on any atom is 0.157 e. The number of nitrogens with zero attached hydrogens (tertiary/aromatic N) is 3. The van der Waals surface area contributed by atoms with Crippen LogP contribution in [0.4, 0.5) is 0 Å². The van der Waals surface area contributed by atoms with Gasteiger partial charge in [0.2, 0.25) is 0 Å². The molecule has 96 valence electrons. The van der Waals surface area contributed by atoms with Crippen LogP contribution in [-0.4, -0.2) is 21.7 Å². The molecule has 3 rings (SSSR count). The zero-order valence-electron chi connectivity index (χ0n) is 10.4. The van der Waals surface area contributed by atoms with E-state index in [0.29, 0.717) is 11.4 Å². The fourth-order valence-electron chi connectivity index (χ4n) is 1.94. The summed E-state index contributed by atoms with van der Waals surface area (Å²) in [5.74, 6) is 1.60. The molecular weight excluding hydrogens is 262 g/mol. The molecule has 0 aliphatic carbocycles. The van der Waals surface area contributed by atoms with Gasteiger partial charge in [0.05, 0.1) is 7.11 Å². The van der Waals surface area contributed by atoms with Crippen LogP contribution in [0.15, 0.2) is 42.6 Å². The molecule has 0 aliphatic heterocycles. The second kappa shape index (κ2) is 4.90. The third kappa shape index (κ3) is 2.53. The van der Waals surface area contributed by atoms with Crippen LogP contribution < -0.4 is 4.74 Å². The number of ether oxygens (including phenoxy) is 1. The minimum absolute atomic E-state index is 0.660. The Labute approximate surface area is 115 Å². The highest BCUT2D eigenvalue weighted by atomic mass is 35.5. The number of aromatic nitrogens is 3. The second-order valence-corrected chi connectivity index (χ2v) is 4.64. The summed E-state index contributed by atoms with van der Waals surface area (Å²) in [6.07, 6.45) is 2.47. The summed E-state index contributed by atoms with van der Waals surface area (Å²) in [5.41, 5.74) is 1.87. The van der Waals surface area contributed by atoms with Crippen molar-refractivity contribution in [2.45, 2.75) is 6.42 Å². The highest BCUT2D eigenvalue weighted by Gasteiger charge is 2.05. The van der Waals surface area contributed by atoms with Crippen LogP contribution in [0.3, 0.4) is 0 Å². The topological polar surface area (TPSA) is 39.4 Å². The number of hydrogen-bond acceptors (Lipinski definition) is 3. The Kier molecular flexibility index (Phi) is 3.09. The first-order valence-electron chi connectivity index (χ1n) is 5.88. The van der Waals surface area contributed by atoms with Gasteiger partial charge >= 0.3 is 0 Å².